The van der Waals surface area contributed by atoms with Crippen LogP contribution in [0, 0.1) is 19.7 Å². The van der Waals surface area contributed by atoms with Gasteiger partial charge >= 0.3 is 6.03 Å². The number of rotatable bonds is 3. The van der Waals surface area contributed by atoms with E-state index in [1.807, 2.05) is 32.0 Å². The number of urea groups is 1. The molecule has 4 heteroatoms. The lowest BCUT2D eigenvalue weighted by molar-refractivity contribution is 0.251. The van der Waals surface area contributed by atoms with Gasteiger partial charge in [0.2, 0.25) is 0 Å². The summed E-state index contributed by atoms with van der Waals surface area (Å²) in [6.45, 7) is 4.09. The number of hydrogen-bond acceptors (Lipinski definition) is 1. The molecule has 104 valence electrons. The van der Waals surface area contributed by atoms with E-state index in [0.717, 1.165) is 16.8 Å². The number of carbonyl (C=O) groups is 1. The summed E-state index contributed by atoms with van der Waals surface area (Å²) in [5.74, 6) is -0.320. The maximum Gasteiger partial charge on any atom is 0.319 e. The average molecular weight is 272 g/mol. The minimum absolute atomic E-state index is 0.156. The Morgan fingerprint density at radius 3 is 2.60 bits per heavy atom. The fourth-order valence-electron chi connectivity index (χ4n) is 1.87. The molecule has 0 unspecified atom stereocenters. The highest BCUT2D eigenvalue weighted by Gasteiger charge is 2.06. The summed E-state index contributed by atoms with van der Waals surface area (Å²) in [7, 11) is 0. The second-order valence-corrected chi connectivity index (χ2v) is 4.65. The summed E-state index contributed by atoms with van der Waals surface area (Å²) in [6.07, 6.45) is 0. The van der Waals surface area contributed by atoms with Crippen LogP contribution < -0.4 is 10.6 Å². The quantitative estimate of drug-likeness (QED) is 0.877. The van der Waals surface area contributed by atoms with Gasteiger partial charge in [-0.3, -0.25) is 0 Å². The van der Waals surface area contributed by atoms with Gasteiger partial charge in [-0.2, -0.15) is 0 Å². The third-order valence-corrected chi connectivity index (χ3v) is 3.25. The summed E-state index contributed by atoms with van der Waals surface area (Å²) in [5, 5.41) is 5.41. The number of halogens is 1. The van der Waals surface area contributed by atoms with Crippen LogP contribution in [0.3, 0.4) is 0 Å². The van der Waals surface area contributed by atoms with Gasteiger partial charge in [0.15, 0.2) is 0 Å². The minimum atomic E-state index is -0.345. The first-order valence-corrected chi connectivity index (χ1v) is 6.42. The van der Waals surface area contributed by atoms with Crippen molar-refractivity contribution in [1.82, 2.24) is 5.32 Å². The van der Waals surface area contributed by atoms with Crippen LogP contribution in [0.2, 0.25) is 0 Å². The van der Waals surface area contributed by atoms with Gasteiger partial charge in [0, 0.05) is 17.8 Å². The first kappa shape index (κ1) is 14.1. The van der Waals surface area contributed by atoms with E-state index in [2.05, 4.69) is 10.6 Å². The molecule has 0 heterocycles. The molecule has 20 heavy (non-hydrogen) atoms. The van der Waals surface area contributed by atoms with Crippen LogP contribution in [0.5, 0.6) is 0 Å². The topological polar surface area (TPSA) is 41.1 Å². The zero-order valence-electron chi connectivity index (χ0n) is 11.5. The standard InChI is InChI=1S/C16H17FN2O/c1-11-6-5-9-15(12(11)2)19-16(20)18-10-13-7-3-4-8-14(13)17/h3-9H,10H2,1-2H3,(H2,18,19,20). The molecule has 2 N–H and O–H groups in total. The molecule has 0 aromatic heterocycles. The Kier molecular flexibility index (Phi) is 4.35. The van der Waals surface area contributed by atoms with Crippen LogP contribution in [0.4, 0.5) is 14.9 Å². The lowest BCUT2D eigenvalue weighted by Gasteiger charge is -2.11. The molecule has 2 rings (SSSR count). The van der Waals surface area contributed by atoms with Gasteiger partial charge in [-0.15, -0.1) is 0 Å². The molecule has 2 amide bonds. The monoisotopic (exact) mass is 272 g/mol. The van der Waals surface area contributed by atoms with Crippen LogP contribution in [0.1, 0.15) is 16.7 Å². The van der Waals surface area contributed by atoms with Crippen molar-refractivity contribution >= 4 is 11.7 Å². The SMILES string of the molecule is Cc1cccc(NC(=O)NCc2ccccc2F)c1C. The van der Waals surface area contributed by atoms with Gasteiger partial charge in [0.25, 0.3) is 0 Å². The predicted molar refractivity (Wildman–Crippen MR) is 78.2 cm³/mol. The summed E-state index contributed by atoms with van der Waals surface area (Å²) < 4.78 is 13.4. The maximum absolute atomic E-state index is 13.4. The number of aryl methyl sites for hydroxylation is 1. The smallest absolute Gasteiger partial charge is 0.319 e. The first-order valence-electron chi connectivity index (χ1n) is 6.42. The van der Waals surface area contributed by atoms with Gasteiger partial charge in [-0.25, -0.2) is 9.18 Å². The molecule has 0 atom stereocenters. The van der Waals surface area contributed by atoms with E-state index in [9.17, 15) is 9.18 Å². The predicted octanol–water partition coefficient (Wildman–Crippen LogP) is 3.76. The second kappa shape index (κ2) is 6.19. The van der Waals surface area contributed by atoms with Gasteiger partial charge in [-0.1, -0.05) is 30.3 Å². The van der Waals surface area contributed by atoms with E-state index in [1.54, 1.807) is 18.2 Å². The van der Waals surface area contributed by atoms with Crippen molar-refractivity contribution in [3.05, 3.63) is 65.0 Å². The highest BCUT2D eigenvalue weighted by molar-refractivity contribution is 5.90. The van der Waals surface area contributed by atoms with E-state index in [4.69, 9.17) is 0 Å². The number of hydrogen-bond donors (Lipinski definition) is 2. The molecule has 0 aliphatic heterocycles. The number of benzene rings is 2. The average Bonchev–Trinajstić information content (AvgIpc) is 2.43. The van der Waals surface area contributed by atoms with Gasteiger partial charge in [0.05, 0.1) is 0 Å². The largest absolute Gasteiger partial charge is 0.334 e. The Morgan fingerprint density at radius 1 is 1.10 bits per heavy atom. The first-order chi connectivity index (χ1) is 9.58. The van der Waals surface area contributed by atoms with Crippen molar-refractivity contribution < 1.29 is 9.18 Å². The molecule has 2 aromatic rings. The molecule has 0 fully saturated rings. The van der Waals surface area contributed by atoms with Gasteiger partial charge in [-0.05, 0) is 37.1 Å². The number of carbonyl (C=O) groups excluding carboxylic acids is 1. The Labute approximate surface area is 117 Å². The highest BCUT2D eigenvalue weighted by atomic mass is 19.1. The third kappa shape index (κ3) is 3.35. The molecular weight excluding hydrogens is 255 g/mol. The van der Waals surface area contributed by atoms with E-state index in [0.29, 0.717) is 5.56 Å². The van der Waals surface area contributed by atoms with Crippen molar-refractivity contribution in [3.8, 4) is 0 Å². The zero-order chi connectivity index (χ0) is 14.5. The van der Waals surface area contributed by atoms with Crippen LogP contribution in [0.25, 0.3) is 0 Å². The Hall–Kier alpha value is -2.36. The lowest BCUT2D eigenvalue weighted by atomic mass is 10.1. The summed E-state index contributed by atoms with van der Waals surface area (Å²) >= 11 is 0. The van der Waals surface area contributed by atoms with Crippen molar-refractivity contribution in [2.75, 3.05) is 5.32 Å². The Morgan fingerprint density at radius 2 is 1.85 bits per heavy atom. The van der Waals surface area contributed by atoms with Crippen molar-refractivity contribution in [3.63, 3.8) is 0 Å². The number of anilines is 1. The molecule has 0 radical (unpaired) electrons. The molecule has 0 saturated carbocycles. The Balaban J connectivity index is 1.96. The van der Waals surface area contributed by atoms with Crippen LogP contribution in [0.15, 0.2) is 42.5 Å². The summed E-state index contributed by atoms with van der Waals surface area (Å²) in [6, 6.07) is 11.7. The molecule has 0 bridgehead atoms. The van der Waals surface area contributed by atoms with Crippen LogP contribution in [-0.2, 0) is 6.54 Å². The number of amides is 2. The lowest BCUT2D eigenvalue weighted by Crippen LogP contribution is -2.28. The van der Waals surface area contributed by atoms with E-state index in [1.165, 1.54) is 6.07 Å². The van der Waals surface area contributed by atoms with Crippen molar-refractivity contribution in [2.45, 2.75) is 20.4 Å². The second-order valence-electron chi connectivity index (χ2n) is 4.65. The molecule has 2 aromatic carbocycles. The zero-order valence-corrected chi connectivity index (χ0v) is 11.5. The fraction of sp³-hybridized carbons (Fsp3) is 0.188. The maximum atomic E-state index is 13.4. The molecular formula is C16H17FN2O. The third-order valence-electron chi connectivity index (χ3n) is 3.25. The molecule has 0 spiro atoms. The highest BCUT2D eigenvalue weighted by Crippen LogP contribution is 2.17. The normalized spacial score (nSPS) is 10.2. The number of nitrogens with one attached hydrogen (secondary N) is 2. The minimum Gasteiger partial charge on any atom is -0.334 e. The fourth-order valence-corrected chi connectivity index (χ4v) is 1.87. The van der Waals surface area contributed by atoms with Crippen molar-refractivity contribution in [1.29, 1.82) is 0 Å². The molecule has 0 aliphatic carbocycles. The van der Waals surface area contributed by atoms with Crippen molar-refractivity contribution in [2.24, 2.45) is 0 Å². The van der Waals surface area contributed by atoms with E-state index in [-0.39, 0.29) is 18.4 Å². The Bertz CT molecular complexity index is 626. The summed E-state index contributed by atoms with van der Waals surface area (Å²) in [4.78, 5) is 11.8. The van der Waals surface area contributed by atoms with E-state index >= 15 is 0 Å². The van der Waals surface area contributed by atoms with Gasteiger partial charge in [0.1, 0.15) is 5.82 Å². The van der Waals surface area contributed by atoms with Crippen LogP contribution >= 0.6 is 0 Å². The van der Waals surface area contributed by atoms with E-state index < -0.39 is 0 Å². The molecule has 3 nitrogen and oxygen atoms in total. The van der Waals surface area contributed by atoms with Gasteiger partial charge < -0.3 is 10.6 Å². The molecule has 0 aliphatic rings. The van der Waals surface area contributed by atoms with Crippen LogP contribution in [-0.4, -0.2) is 6.03 Å². The molecule has 0 saturated heterocycles. The summed E-state index contributed by atoms with van der Waals surface area (Å²) in [5.41, 5.74) is 3.35.